The number of carbonyl (C=O) groups excluding carboxylic acids is 1. The molecule has 3 aromatic carbocycles. The highest BCUT2D eigenvalue weighted by molar-refractivity contribution is 5.95. The van der Waals surface area contributed by atoms with Crippen molar-refractivity contribution in [3.8, 4) is 5.75 Å². The van der Waals surface area contributed by atoms with Gasteiger partial charge in [0.1, 0.15) is 11.8 Å². The summed E-state index contributed by atoms with van der Waals surface area (Å²) in [7, 11) is 1.70. The van der Waals surface area contributed by atoms with Gasteiger partial charge in [-0.15, -0.1) is 0 Å². The molecule has 0 saturated carbocycles. The minimum Gasteiger partial charge on any atom is -0.495 e. The average molecular weight is 416 g/mol. The van der Waals surface area contributed by atoms with Gasteiger partial charge in [-0.1, -0.05) is 60.2 Å². The van der Waals surface area contributed by atoms with Crippen molar-refractivity contribution in [1.29, 1.82) is 0 Å². The number of hydrogen-bond donors (Lipinski definition) is 1. The van der Waals surface area contributed by atoms with Crippen molar-refractivity contribution in [2.45, 2.75) is 13.0 Å². The first-order valence-electron chi connectivity index (χ1n) is 10.7. The van der Waals surface area contributed by atoms with Crippen LogP contribution in [0.2, 0.25) is 0 Å². The van der Waals surface area contributed by atoms with Crippen molar-refractivity contribution in [3.63, 3.8) is 0 Å². The zero-order chi connectivity index (χ0) is 21.6. The Hall–Kier alpha value is -3.31. The van der Waals surface area contributed by atoms with Crippen LogP contribution >= 0.6 is 0 Å². The predicted molar refractivity (Wildman–Crippen MR) is 126 cm³/mol. The van der Waals surface area contributed by atoms with E-state index in [0.717, 1.165) is 48.9 Å². The summed E-state index contributed by atoms with van der Waals surface area (Å²) >= 11 is 0. The Kier molecular flexibility index (Phi) is 6.53. The molecule has 0 bridgehead atoms. The molecular formula is C26H29N3O2. The van der Waals surface area contributed by atoms with Crippen molar-refractivity contribution in [3.05, 3.63) is 90.0 Å². The van der Waals surface area contributed by atoms with Gasteiger partial charge in [0.2, 0.25) is 5.91 Å². The SMILES string of the molecule is COc1ccccc1N1CCN([C@H](C(=O)Nc2ccc(C)cc2)c2ccccc2)CC1. The second kappa shape index (κ2) is 9.67. The maximum absolute atomic E-state index is 13.4. The van der Waals surface area contributed by atoms with Gasteiger partial charge >= 0.3 is 0 Å². The Labute approximate surface area is 184 Å². The van der Waals surface area contributed by atoms with Crippen LogP contribution in [0, 0.1) is 6.92 Å². The van der Waals surface area contributed by atoms with Crippen molar-refractivity contribution in [2.24, 2.45) is 0 Å². The number of methoxy groups -OCH3 is 1. The fourth-order valence-corrected chi connectivity index (χ4v) is 4.12. The molecule has 160 valence electrons. The van der Waals surface area contributed by atoms with Crippen molar-refractivity contribution in [1.82, 2.24) is 4.90 Å². The second-order valence-electron chi connectivity index (χ2n) is 7.86. The third-order valence-electron chi connectivity index (χ3n) is 5.79. The molecule has 0 spiro atoms. The highest BCUT2D eigenvalue weighted by atomic mass is 16.5. The Morgan fingerprint density at radius 2 is 1.52 bits per heavy atom. The molecule has 0 aliphatic carbocycles. The lowest BCUT2D eigenvalue weighted by atomic mass is 10.0. The van der Waals surface area contributed by atoms with E-state index in [1.165, 1.54) is 5.56 Å². The van der Waals surface area contributed by atoms with E-state index in [1.807, 2.05) is 79.7 Å². The number of benzene rings is 3. The van der Waals surface area contributed by atoms with Crippen LogP contribution in [0.3, 0.4) is 0 Å². The Morgan fingerprint density at radius 3 is 2.19 bits per heavy atom. The van der Waals surface area contributed by atoms with Crippen LogP contribution < -0.4 is 15.0 Å². The lowest BCUT2D eigenvalue weighted by molar-refractivity contribution is -0.121. The van der Waals surface area contributed by atoms with Crippen LogP contribution in [0.25, 0.3) is 0 Å². The lowest BCUT2D eigenvalue weighted by Gasteiger charge is -2.40. The van der Waals surface area contributed by atoms with Crippen LogP contribution in [0.4, 0.5) is 11.4 Å². The highest BCUT2D eigenvalue weighted by Gasteiger charge is 2.31. The van der Waals surface area contributed by atoms with Crippen LogP contribution in [0.1, 0.15) is 17.2 Å². The van der Waals surface area contributed by atoms with Crippen LogP contribution in [0.5, 0.6) is 5.75 Å². The molecule has 1 amide bonds. The molecule has 1 atom stereocenters. The molecule has 31 heavy (non-hydrogen) atoms. The zero-order valence-corrected chi connectivity index (χ0v) is 18.1. The smallest absolute Gasteiger partial charge is 0.246 e. The first-order valence-corrected chi connectivity index (χ1v) is 10.7. The molecule has 0 unspecified atom stereocenters. The van der Waals surface area contributed by atoms with Gasteiger partial charge in [-0.3, -0.25) is 9.69 Å². The van der Waals surface area contributed by atoms with E-state index in [0.29, 0.717) is 0 Å². The number of ether oxygens (including phenoxy) is 1. The minimum atomic E-state index is -0.331. The fraction of sp³-hybridized carbons (Fsp3) is 0.269. The molecule has 1 saturated heterocycles. The van der Waals surface area contributed by atoms with Crippen LogP contribution in [-0.2, 0) is 4.79 Å². The number of anilines is 2. The normalized spacial score (nSPS) is 15.4. The van der Waals surface area contributed by atoms with Gasteiger partial charge in [-0.05, 0) is 36.8 Å². The van der Waals surface area contributed by atoms with Gasteiger partial charge in [-0.2, -0.15) is 0 Å². The minimum absolute atomic E-state index is 0.000736. The summed E-state index contributed by atoms with van der Waals surface area (Å²) in [5.74, 6) is 0.883. The molecule has 0 radical (unpaired) electrons. The van der Waals surface area contributed by atoms with Crippen LogP contribution in [-0.4, -0.2) is 44.1 Å². The number of rotatable bonds is 6. The molecule has 3 aromatic rings. The number of piperazine rings is 1. The first kappa shape index (κ1) is 20.9. The molecular weight excluding hydrogens is 386 g/mol. The third-order valence-corrected chi connectivity index (χ3v) is 5.79. The quantitative estimate of drug-likeness (QED) is 0.644. The van der Waals surface area contributed by atoms with E-state index in [9.17, 15) is 4.79 Å². The number of amides is 1. The lowest BCUT2D eigenvalue weighted by Crippen LogP contribution is -2.50. The monoisotopic (exact) mass is 415 g/mol. The van der Waals surface area contributed by atoms with E-state index >= 15 is 0 Å². The second-order valence-corrected chi connectivity index (χ2v) is 7.86. The molecule has 5 heteroatoms. The maximum Gasteiger partial charge on any atom is 0.246 e. The van der Waals surface area contributed by atoms with Gasteiger partial charge in [0.25, 0.3) is 0 Å². The molecule has 1 N–H and O–H groups in total. The molecule has 1 aliphatic heterocycles. The molecule has 1 aliphatic rings. The Morgan fingerprint density at radius 1 is 0.871 bits per heavy atom. The van der Waals surface area contributed by atoms with Gasteiger partial charge in [0.15, 0.2) is 0 Å². The van der Waals surface area contributed by atoms with E-state index in [2.05, 4.69) is 21.2 Å². The summed E-state index contributed by atoms with van der Waals surface area (Å²) in [6.45, 7) is 5.29. The standard InChI is InChI=1S/C26H29N3O2/c1-20-12-14-22(15-13-20)27-26(30)25(21-8-4-3-5-9-21)29-18-16-28(17-19-29)23-10-6-7-11-24(23)31-2/h3-15,25H,16-19H2,1-2H3,(H,27,30)/t25-/m0/s1. The molecule has 1 fully saturated rings. The van der Waals surface area contributed by atoms with Crippen LogP contribution in [0.15, 0.2) is 78.9 Å². The first-order chi connectivity index (χ1) is 15.2. The molecule has 1 heterocycles. The summed E-state index contributed by atoms with van der Waals surface area (Å²) in [4.78, 5) is 18.0. The predicted octanol–water partition coefficient (Wildman–Crippen LogP) is 4.51. The molecule has 4 rings (SSSR count). The third kappa shape index (κ3) is 4.89. The Bertz CT molecular complexity index is 997. The topological polar surface area (TPSA) is 44.8 Å². The van der Waals surface area contributed by atoms with Gasteiger partial charge < -0.3 is 15.0 Å². The van der Waals surface area contributed by atoms with Gasteiger partial charge in [0, 0.05) is 31.9 Å². The number of hydrogen-bond acceptors (Lipinski definition) is 4. The number of carbonyl (C=O) groups is 1. The summed E-state index contributed by atoms with van der Waals surface area (Å²) in [5.41, 5.74) is 4.11. The van der Waals surface area contributed by atoms with Crippen molar-refractivity contribution < 1.29 is 9.53 Å². The zero-order valence-electron chi connectivity index (χ0n) is 18.1. The van der Waals surface area contributed by atoms with E-state index in [-0.39, 0.29) is 11.9 Å². The maximum atomic E-state index is 13.4. The number of nitrogens with zero attached hydrogens (tertiary/aromatic N) is 2. The fourth-order valence-electron chi connectivity index (χ4n) is 4.12. The highest BCUT2D eigenvalue weighted by Crippen LogP contribution is 2.30. The Balaban J connectivity index is 1.51. The van der Waals surface area contributed by atoms with Crippen molar-refractivity contribution >= 4 is 17.3 Å². The summed E-state index contributed by atoms with van der Waals surface area (Å²) in [6.07, 6.45) is 0. The molecule has 0 aromatic heterocycles. The number of para-hydroxylation sites is 2. The largest absolute Gasteiger partial charge is 0.495 e. The summed E-state index contributed by atoms with van der Waals surface area (Å²) < 4.78 is 5.54. The van der Waals surface area contributed by atoms with E-state index < -0.39 is 0 Å². The summed E-state index contributed by atoms with van der Waals surface area (Å²) in [6, 6.07) is 25.7. The van der Waals surface area contributed by atoms with E-state index in [1.54, 1.807) is 7.11 Å². The molecule has 5 nitrogen and oxygen atoms in total. The van der Waals surface area contributed by atoms with Gasteiger partial charge in [0.05, 0.1) is 12.8 Å². The average Bonchev–Trinajstić information content (AvgIpc) is 2.82. The summed E-state index contributed by atoms with van der Waals surface area (Å²) in [5, 5.41) is 3.11. The number of aryl methyl sites for hydroxylation is 1. The van der Waals surface area contributed by atoms with Crippen molar-refractivity contribution in [2.75, 3.05) is 43.5 Å². The van der Waals surface area contributed by atoms with E-state index in [4.69, 9.17) is 4.74 Å². The number of nitrogens with one attached hydrogen (secondary N) is 1. The van der Waals surface area contributed by atoms with Gasteiger partial charge in [-0.25, -0.2) is 0 Å².